The molecule has 13 nitrogen and oxygen atoms in total. The maximum Gasteiger partial charge on any atom is 0.305 e. The van der Waals surface area contributed by atoms with Crippen molar-refractivity contribution in [3.63, 3.8) is 0 Å². The van der Waals surface area contributed by atoms with Crippen molar-refractivity contribution in [2.75, 3.05) is 19.7 Å². The Labute approximate surface area is 191 Å². The lowest BCUT2D eigenvalue weighted by atomic mass is 10.1. The van der Waals surface area contributed by atoms with Gasteiger partial charge in [-0.25, -0.2) is 0 Å². The van der Waals surface area contributed by atoms with Gasteiger partial charge >= 0.3 is 5.97 Å². The van der Waals surface area contributed by atoms with Gasteiger partial charge in [-0.05, 0) is 38.6 Å². The zero-order chi connectivity index (χ0) is 25.0. The summed E-state index contributed by atoms with van der Waals surface area (Å²) in [5.74, 6) is -4.39. The minimum absolute atomic E-state index is 0.197. The lowest BCUT2D eigenvalue weighted by molar-refractivity contribution is -0.142. The average Bonchev–Trinajstić information content (AvgIpc) is 3.24. The van der Waals surface area contributed by atoms with E-state index in [4.69, 9.17) is 10.8 Å². The van der Waals surface area contributed by atoms with Gasteiger partial charge in [0.2, 0.25) is 29.9 Å². The summed E-state index contributed by atoms with van der Waals surface area (Å²) in [5, 5.41) is 25.3. The van der Waals surface area contributed by atoms with E-state index >= 15 is 0 Å². The molecular formula is C20H32N5O8. The molecule has 0 saturated carbocycles. The first-order valence-electron chi connectivity index (χ1n) is 10.7. The van der Waals surface area contributed by atoms with E-state index in [1.807, 2.05) is 6.29 Å². The molecule has 7 N–H and O–H groups in total. The van der Waals surface area contributed by atoms with Gasteiger partial charge < -0.3 is 36.8 Å². The summed E-state index contributed by atoms with van der Waals surface area (Å²) >= 11 is 0. The van der Waals surface area contributed by atoms with Crippen molar-refractivity contribution in [1.82, 2.24) is 20.9 Å². The van der Waals surface area contributed by atoms with Crippen molar-refractivity contribution in [2.24, 2.45) is 5.73 Å². The van der Waals surface area contributed by atoms with Gasteiger partial charge in [0.1, 0.15) is 18.1 Å². The van der Waals surface area contributed by atoms with Gasteiger partial charge in [0.25, 0.3) is 0 Å². The molecule has 0 unspecified atom stereocenters. The number of hydrogen-bond acceptors (Lipinski definition) is 8. The number of hydrogen-bond donors (Lipinski definition) is 6. The predicted octanol–water partition coefficient (Wildman–Crippen LogP) is -2.84. The first-order valence-corrected chi connectivity index (χ1v) is 10.7. The van der Waals surface area contributed by atoms with Crippen molar-refractivity contribution in [1.29, 1.82) is 0 Å². The van der Waals surface area contributed by atoms with Gasteiger partial charge in [-0.15, -0.1) is 0 Å². The van der Waals surface area contributed by atoms with Crippen LogP contribution in [0, 0.1) is 0 Å². The molecule has 4 amide bonds. The number of carbonyl (C=O) groups excluding carboxylic acids is 5. The van der Waals surface area contributed by atoms with E-state index in [0.29, 0.717) is 38.8 Å². The number of likely N-dealkylation sites (tertiary alicyclic amines) is 1. The summed E-state index contributed by atoms with van der Waals surface area (Å²) in [7, 11) is 0. The number of aliphatic carboxylic acids is 1. The molecule has 0 aliphatic carbocycles. The number of nitrogens with one attached hydrogen (secondary N) is 3. The number of unbranched alkanes of at least 4 members (excludes halogenated alkanes) is 1. The normalized spacial score (nSPS) is 18.0. The maximum atomic E-state index is 13.0. The Bertz CT molecular complexity index is 731. The van der Waals surface area contributed by atoms with Crippen molar-refractivity contribution in [3.8, 4) is 0 Å². The number of carboxylic acid groups (broad SMARTS) is 1. The Kier molecular flexibility index (Phi) is 12.0. The molecule has 4 atom stereocenters. The van der Waals surface area contributed by atoms with Crippen LogP contribution in [0.15, 0.2) is 0 Å². The summed E-state index contributed by atoms with van der Waals surface area (Å²) in [4.78, 5) is 73.1. The first-order chi connectivity index (χ1) is 15.6. The second-order valence-corrected chi connectivity index (χ2v) is 7.75. The molecule has 33 heavy (non-hydrogen) atoms. The van der Waals surface area contributed by atoms with Gasteiger partial charge in [0, 0.05) is 13.5 Å². The number of aliphatic hydroxyl groups excluding tert-OH is 1. The number of carboxylic acids is 1. The summed E-state index contributed by atoms with van der Waals surface area (Å²) in [6.45, 7) is 1.04. The Balaban J connectivity index is 2.99. The van der Waals surface area contributed by atoms with E-state index in [1.54, 1.807) is 0 Å². The third-order valence-corrected chi connectivity index (χ3v) is 5.12. The largest absolute Gasteiger partial charge is 0.481 e. The maximum absolute atomic E-state index is 13.0. The molecule has 0 aromatic carbocycles. The fraction of sp³-hybridized carbons (Fsp3) is 0.700. The van der Waals surface area contributed by atoms with Crippen LogP contribution in [-0.2, 0) is 28.8 Å². The molecular weight excluding hydrogens is 438 g/mol. The molecule has 0 bridgehead atoms. The van der Waals surface area contributed by atoms with Crippen molar-refractivity contribution in [3.05, 3.63) is 0 Å². The van der Waals surface area contributed by atoms with Crippen LogP contribution in [0.25, 0.3) is 0 Å². The number of nitrogens with two attached hydrogens (primary N) is 1. The Morgan fingerprint density at radius 3 is 2.24 bits per heavy atom. The second kappa shape index (κ2) is 14.2. The van der Waals surface area contributed by atoms with E-state index in [0.717, 1.165) is 6.92 Å². The fourth-order valence-corrected chi connectivity index (χ4v) is 3.47. The molecule has 1 rings (SSSR count). The predicted molar refractivity (Wildman–Crippen MR) is 114 cm³/mol. The van der Waals surface area contributed by atoms with E-state index in [1.165, 1.54) is 4.90 Å². The third kappa shape index (κ3) is 9.14. The second-order valence-electron chi connectivity index (χ2n) is 7.75. The third-order valence-electron chi connectivity index (χ3n) is 5.12. The molecule has 13 heteroatoms. The number of carbonyl (C=O) groups is 5. The smallest absolute Gasteiger partial charge is 0.305 e. The molecule has 185 valence electrons. The molecule has 1 radical (unpaired) electrons. The monoisotopic (exact) mass is 470 g/mol. The highest BCUT2D eigenvalue weighted by Crippen LogP contribution is 2.18. The Morgan fingerprint density at radius 2 is 1.70 bits per heavy atom. The van der Waals surface area contributed by atoms with Crippen LogP contribution >= 0.6 is 0 Å². The molecule has 0 aromatic heterocycles. The number of aliphatic hydroxyl groups is 1. The van der Waals surface area contributed by atoms with Crippen molar-refractivity contribution >= 4 is 35.9 Å². The lowest BCUT2D eigenvalue weighted by Crippen LogP contribution is -2.58. The summed E-state index contributed by atoms with van der Waals surface area (Å²) < 4.78 is 0. The zero-order valence-electron chi connectivity index (χ0n) is 18.5. The highest BCUT2D eigenvalue weighted by Gasteiger charge is 2.36. The van der Waals surface area contributed by atoms with Gasteiger partial charge in [0.05, 0.1) is 19.1 Å². The van der Waals surface area contributed by atoms with Gasteiger partial charge in [-0.1, -0.05) is 0 Å². The zero-order valence-corrected chi connectivity index (χ0v) is 18.5. The van der Waals surface area contributed by atoms with Crippen LogP contribution in [0.1, 0.15) is 45.4 Å². The van der Waals surface area contributed by atoms with Crippen molar-refractivity contribution in [2.45, 2.75) is 69.6 Å². The molecule has 1 saturated heterocycles. The quantitative estimate of drug-likeness (QED) is 0.144. The number of rotatable bonds is 14. The van der Waals surface area contributed by atoms with Crippen molar-refractivity contribution < 1.29 is 39.0 Å². The van der Waals surface area contributed by atoms with Crippen LogP contribution in [0.2, 0.25) is 0 Å². The molecule has 1 fully saturated rings. The number of nitrogens with zero attached hydrogens (tertiary/aromatic N) is 1. The van der Waals surface area contributed by atoms with Crippen LogP contribution in [-0.4, -0.2) is 94.9 Å². The Morgan fingerprint density at radius 1 is 1.06 bits per heavy atom. The average molecular weight is 471 g/mol. The van der Waals surface area contributed by atoms with E-state index in [9.17, 15) is 33.9 Å². The summed E-state index contributed by atoms with van der Waals surface area (Å²) in [6.07, 6.45) is 3.34. The fourth-order valence-electron chi connectivity index (χ4n) is 3.47. The van der Waals surface area contributed by atoms with Gasteiger partial charge in [-0.2, -0.15) is 0 Å². The molecule has 0 spiro atoms. The Hall–Kier alpha value is -3.06. The van der Waals surface area contributed by atoms with Crippen LogP contribution in [0.4, 0.5) is 0 Å². The van der Waals surface area contributed by atoms with E-state index < -0.39 is 66.8 Å². The topological polar surface area (TPSA) is 208 Å². The van der Waals surface area contributed by atoms with E-state index in [2.05, 4.69) is 16.0 Å². The highest BCUT2D eigenvalue weighted by molar-refractivity contribution is 5.96. The molecule has 1 heterocycles. The standard InChI is InChI=1S/C20H32N5O8/c1-12(28)22-16(11-27)19(32)24-15(9-17(29)30)18(31)23-14(6-2-3-7-21)20(33)25-8-4-5-13(25)10-26/h13-16,27H,2-9,11,21H2,1H3,(H,22,28)(H,23,31)(H,24,32)(H,29,30)/t13-,14-,15-,16-/m0/s1. The van der Waals surface area contributed by atoms with Crippen LogP contribution in [0.5, 0.6) is 0 Å². The molecule has 1 aliphatic heterocycles. The molecule has 1 aliphatic rings. The van der Waals surface area contributed by atoms with Crippen LogP contribution < -0.4 is 21.7 Å². The SMILES string of the molecule is CC(=O)N[C@@H](CO)C(=O)N[C@@H](CC(=O)O)C(=O)N[C@@H](CCCCN)C(=O)N1CCC[C@H]1[C]=O. The summed E-state index contributed by atoms with van der Waals surface area (Å²) in [5.41, 5.74) is 5.49. The number of amides is 4. The minimum atomic E-state index is -1.57. The highest BCUT2D eigenvalue weighted by atomic mass is 16.4. The van der Waals surface area contributed by atoms with Crippen LogP contribution in [0.3, 0.4) is 0 Å². The minimum Gasteiger partial charge on any atom is -0.481 e. The van der Waals surface area contributed by atoms with Gasteiger partial charge in [-0.3, -0.25) is 28.8 Å². The first kappa shape index (κ1) is 28.0. The molecule has 0 aromatic rings. The van der Waals surface area contributed by atoms with Gasteiger partial charge in [0.15, 0.2) is 0 Å². The lowest BCUT2D eigenvalue weighted by Gasteiger charge is -2.28. The van der Waals surface area contributed by atoms with E-state index in [-0.39, 0.29) is 6.42 Å². The summed E-state index contributed by atoms with van der Waals surface area (Å²) in [6, 6.07) is -4.74.